The molecule has 1 heterocycles. The summed E-state index contributed by atoms with van der Waals surface area (Å²) < 4.78 is 25.8. The van der Waals surface area contributed by atoms with E-state index >= 15 is 0 Å². The zero-order valence-electron chi connectivity index (χ0n) is 10.1. The number of halogens is 2. The summed E-state index contributed by atoms with van der Waals surface area (Å²) in [6, 6.07) is 4.68. The van der Waals surface area contributed by atoms with Crippen molar-refractivity contribution in [2.45, 2.75) is 0 Å². The largest absolute Gasteiger partial charge is 0.384 e. The van der Waals surface area contributed by atoms with Crippen LogP contribution >= 0.6 is 11.3 Å². The maximum atomic E-state index is 13.0. The predicted molar refractivity (Wildman–Crippen MR) is 72.6 cm³/mol. The van der Waals surface area contributed by atoms with Crippen LogP contribution in [0.5, 0.6) is 0 Å². The predicted octanol–water partition coefficient (Wildman–Crippen LogP) is 2.62. The third-order valence-corrected chi connectivity index (χ3v) is 3.18. The summed E-state index contributed by atoms with van der Waals surface area (Å²) >= 11 is 1.25. The number of hydrogen-bond donors (Lipinski definition) is 2. The molecule has 2 rings (SSSR count). The summed E-state index contributed by atoms with van der Waals surface area (Å²) in [7, 11) is 0. The molecule has 6 heteroatoms. The Morgan fingerprint density at radius 2 is 2.10 bits per heavy atom. The lowest BCUT2D eigenvalue weighted by Crippen LogP contribution is -2.11. The Morgan fingerprint density at radius 1 is 1.30 bits per heavy atom. The minimum Gasteiger partial charge on any atom is -0.384 e. The number of aliphatic hydroxyl groups excluding tert-OH is 1. The second kappa shape index (κ2) is 6.28. The number of thiophene rings is 1. The normalized spacial score (nSPS) is 9.75. The Hall–Kier alpha value is -2.23. The van der Waals surface area contributed by atoms with Gasteiger partial charge in [0.15, 0.2) is 11.6 Å². The Kier molecular flexibility index (Phi) is 4.45. The van der Waals surface area contributed by atoms with Crippen molar-refractivity contribution < 1.29 is 18.7 Å². The number of carbonyl (C=O) groups excluding carboxylic acids is 1. The molecule has 0 radical (unpaired) electrons. The first kappa shape index (κ1) is 14.2. The van der Waals surface area contributed by atoms with Gasteiger partial charge in [-0.05, 0) is 18.2 Å². The summed E-state index contributed by atoms with van der Waals surface area (Å²) in [4.78, 5) is 12.5. The van der Waals surface area contributed by atoms with Crippen molar-refractivity contribution in [2.75, 3.05) is 11.9 Å². The molecule has 0 saturated heterocycles. The second-order valence-corrected chi connectivity index (χ2v) is 4.65. The van der Waals surface area contributed by atoms with Crippen LogP contribution in [-0.4, -0.2) is 17.6 Å². The molecule has 0 aliphatic heterocycles. The van der Waals surface area contributed by atoms with Gasteiger partial charge in [-0.15, -0.1) is 11.3 Å². The molecule has 0 bridgehead atoms. The highest BCUT2D eigenvalue weighted by Gasteiger charge is 2.10. The van der Waals surface area contributed by atoms with E-state index in [0.29, 0.717) is 10.4 Å². The molecule has 1 aromatic carbocycles. The number of nitrogens with one attached hydrogen (secondary N) is 1. The fourth-order valence-electron chi connectivity index (χ4n) is 1.42. The van der Waals surface area contributed by atoms with Gasteiger partial charge in [0.1, 0.15) is 6.61 Å². The zero-order chi connectivity index (χ0) is 14.5. The van der Waals surface area contributed by atoms with Crippen LogP contribution in [0.1, 0.15) is 15.2 Å². The number of anilines is 1. The van der Waals surface area contributed by atoms with Crippen LogP contribution in [0.3, 0.4) is 0 Å². The van der Waals surface area contributed by atoms with Crippen LogP contribution in [-0.2, 0) is 0 Å². The molecule has 0 fully saturated rings. The highest BCUT2D eigenvalue weighted by molar-refractivity contribution is 7.10. The van der Waals surface area contributed by atoms with Crippen LogP contribution in [0.4, 0.5) is 14.5 Å². The zero-order valence-corrected chi connectivity index (χ0v) is 10.9. The van der Waals surface area contributed by atoms with Gasteiger partial charge >= 0.3 is 0 Å². The van der Waals surface area contributed by atoms with Crippen LogP contribution in [0.2, 0.25) is 0 Å². The van der Waals surface area contributed by atoms with E-state index in [-0.39, 0.29) is 12.3 Å². The van der Waals surface area contributed by atoms with E-state index in [0.717, 1.165) is 12.1 Å². The van der Waals surface area contributed by atoms with Crippen LogP contribution in [0, 0.1) is 23.5 Å². The minimum atomic E-state index is -1.03. The smallest absolute Gasteiger partial charge is 0.256 e. The van der Waals surface area contributed by atoms with Crippen molar-refractivity contribution in [1.29, 1.82) is 0 Å². The number of aliphatic hydroxyl groups is 1. The van der Waals surface area contributed by atoms with Crippen LogP contribution in [0.25, 0.3) is 0 Å². The first-order valence-electron chi connectivity index (χ1n) is 5.55. The van der Waals surface area contributed by atoms with Crippen molar-refractivity contribution in [2.24, 2.45) is 0 Å². The van der Waals surface area contributed by atoms with Gasteiger partial charge in [-0.1, -0.05) is 11.8 Å². The Morgan fingerprint density at radius 3 is 2.80 bits per heavy atom. The van der Waals surface area contributed by atoms with Crippen molar-refractivity contribution in [3.8, 4) is 11.8 Å². The molecule has 0 unspecified atom stereocenters. The van der Waals surface area contributed by atoms with Crippen molar-refractivity contribution in [3.63, 3.8) is 0 Å². The van der Waals surface area contributed by atoms with Gasteiger partial charge in [-0.3, -0.25) is 4.79 Å². The van der Waals surface area contributed by atoms with Gasteiger partial charge in [0.2, 0.25) is 0 Å². The first-order valence-corrected chi connectivity index (χ1v) is 6.43. The highest BCUT2D eigenvalue weighted by Crippen LogP contribution is 2.17. The number of rotatable bonds is 2. The standard InChI is InChI=1S/C14H9F2NO2S/c15-12-4-3-10(7-13(12)16)17-14(19)9-6-11(20-8-9)2-1-5-18/h3-4,6-8,18H,5H2,(H,17,19). The summed E-state index contributed by atoms with van der Waals surface area (Å²) in [6.07, 6.45) is 0. The average Bonchev–Trinajstić information content (AvgIpc) is 2.89. The summed E-state index contributed by atoms with van der Waals surface area (Å²) in [5, 5.41) is 12.6. The lowest BCUT2D eigenvalue weighted by Gasteiger charge is -2.03. The number of amides is 1. The molecule has 1 amide bonds. The molecular weight excluding hydrogens is 284 g/mol. The third-order valence-electron chi connectivity index (χ3n) is 2.33. The topological polar surface area (TPSA) is 49.3 Å². The molecule has 0 aliphatic carbocycles. The average molecular weight is 293 g/mol. The SMILES string of the molecule is O=C(Nc1ccc(F)c(F)c1)c1csc(C#CCO)c1. The molecule has 2 aromatic rings. The van der Waals surface area contributed by atoms with E-state index in [1.165, 1.54) is 17.4 Å². The highest BCUT2D eigenvalue weighted by atomic mass is 32.1. The molecule has 102 valence electrons. The van der Waals surface area contributed by atoms with E-state index in [4.69, 9.17) is 5.11 Å². The quantitative estimate of drug-likeness (QED) is 0.836. The van der Waals surface area contributed by atoms with Crippen molar-refractivity contribution in [3.05, 3.63) is 51.7 Å². The van der Waals surface area contributed by atoms with Gasteiger partial charge in [-0.2, -0.15) is 0 Å². The van der Waals surface area contributed by atoms with Gasteiger partial charge in [-0.25, -0.2) is 8.78 Å². The van der Waals surface area contributed by atoms with E-state index in [1.54, 1.807) is 11.4 Å². The molecule has 0 saturated carbocycles. The molecule has 3 nitrogen and oxygen atoms in total. The van der Waals surface area contributed by atoms with E-state index in [2.05, 4.69) is 17.2 Å². The fourth-order valence-corrected chi connectivity index (χ4v) is 2.18. The van der Waals surface area contributed by atoms with Gasteiger partial charge in [0.25, 0.3) is 5.91 Å². The summed E-state index contributed by atoms with van der Waals surface area (Å²) in [5.41, 5.74) is 0.532. The lowest BCUT2D eigenvalue weighted by molar-refractivity contribution is 0.102. The summed E-state index contributed by atoms with van der Waals surface area (Å²) in [6.45, 7) is -0.256. The molecule has 0 atom stereocenters. The number of benzene rings is 1. The molecule has 20 heavy (non-hydrogen) atoms. The molecule has 0 aliphatic rings. The molecular formula is C14H9F2NO2S. The first-order chi connectivity index (χ1) is 9.60. The van der Waals surface area contributed by atoms with Crippen molar-refractivity contribution in [1.82, 2.24) is 0 Å². The monoisotopic (exact) mass is 293 g/mol. The minimum absolute atomic E-state index is 0.170. The molecule has 0 spiro atoms. The Labute approximate surface area is 117 Å². The van der Waals surface area contributed by atoms with Gasteiger partial charge in [0.05, 0.1) is 10.4 Å². The third kappa shape index (κ3) is 3.41. The second-order valence-electron chi connectivity index (χ2n) is 3.74. The Balaban J connectivity index is 2.11. The molecule has 1 aromatic heterocycles. The Bertz CT molecular complexity index is 701. The fraction of sp³-hybridized carbons (Fsp3) is 0.0714. The van der Waals surface area contributed by atoms with E-state index < -0.39 is 17.5 Å². The lowest BCUT2D eigenvalue weighted by atomic mass is 10.2. The van der Waals surface area contributed by atoms with Gasteiger partial charge in [0, 0.05) is 17.1 Å². The number of hydrogen-bond acceptors (Lipinski definition) is 3. The number of carbonyl (C=O) groups is 1. The van der Waals surface area contributed by atoms with E-state index in [1.807, 2.05) is 0 Å². The maximum Gasteiger partial charge on any atom is 0.256 e. The van der Waals surface area contributed by atoms with Crippen molar-refractivity contribution >= 4 is 22.9 Å². The van der Waals surface area contributed by atoms with E-state index in [9.17, 15) is 13.6 Å². The van der Waals surface area contributed by atoms with Crippen LogP contribution < -0.4 is 5.32 Å². The van der Waals surface area contributed by atoms with Gasteiger partial charge < -0.3 is 10.4 Å². The molecule has 2 N–H and O–H groups in total. The maximum absolute atomic E-state index is 13.0. The van der Waals surface area contributed by atoms with Crippen LogP contribution in [0.15, 0.2) is 29.6 Å². The summed E-state index contributed by atoms with van der Waals surface area (Å²) in [5.74, 6) is 2.71.